The Kier molecular flexibility index (Phi) is 1.86. The van der Waals surface area contributed by atoms with E-state index in [1.54, 1.807) is 0 Å². The maximum absolute atomic E-state index is 10.9. The number of hydroxylamine groups is 1. The molecule has 0 aromatic heterocycles. The number of carbonyl (C=O) groups is 1. The molecule has 0 spiro atoms. The first kappa shape index (κ1) is 7.40. The van der Waals surface area contributed by atoms with Gasteiger partial charge in [0.15, 0.2) is 5.76 Å². The number of carbonyl (C=O) groups excluding carboxylic acids is 1. The molecule has 0 aromatic carbocycles. The maximum Gasteiger partial charge on any atom is 0.252 e. The number of amides is 1. The van der Waals surface area contributed by atoms with Crippen molar-refractivity contribution in [3.05, 3.63) is 23.5 Å². The third-order valence-electron chi connectivity index (χ3n) is 2.16. The standard InChI is InChI=1S/C9H11NO2/c11-9-6-5-7-3-1-2-4-8(7)12-10-9/h2,4H,1,3,5-6H2,(H,10,11). The minimum Gasteiger partial charge on any atom is -0.380 e. The second kappa shape index (κ2) is 3.01. The number of hydrogen-bond acceptors (Lipinski definition) is 2. The van der Waals surface area contributed by atoms with Gasteiger partial charge in [-0.2, -0.15) is 5.48 Å². The number of nitrogens with one attached hydrogen (secondary N) is 1. The van der Waals surface area contributed by atoms with Gasteiger partial charge >= 0.3 is 0 Å². The summed E-state index contributed by atoms with van der Waals surface area (Å²) in [5.74, 6) is 0.810. The van der Waals surface area contributed by atoms with Crippen LogP contribution in [0.3, 0.4) is 0 Å². The molecule has 2 aliphatic rings. The summed E-state index contributed by atoms with van der Waals surface area (Å²) in [6.07, 6.45) is 7.48. The molecule has 1 aliphatic heterocycles. The summed E-state index contributed by atoms with van der Waals surface area (Å²) in [4.78, 5) is 16.1. The van der Waals surface area contributed by atoms with Crippen LogP contribution >= 0.6 is 0 Å². The molecule has 1 N–H and O–H groups in total. The molecular formula is C9H11NO2. The number of allylic oxidation sites excluding steroid dienone is 3. The summed E-state index contributed by atoms with van der Waals surface area (Å²) in [7, 11) is 0. The van der Waals surface area contributed by atoms with E-state index in [1.165, 1.54) is 5.57 Å². The third-order valence-corrected chi connectivity index (χ3v) is 2.16. The van der Waals surface area contributed by atoms with E-state index >= 15 is 0 Å². The van der Waals surface area contributed by atoms with Crippen LogP contribution in [0.25, 0.3) is 0 Å². The smallest absolute Gasteiger partial charge is 0.252 e. The maximum atomic E-state index is 10.9. The lowest BCUT2D eigenvalue weighted by Crippen LogP contribution is -2.20. The van der Waals surface area contributed by atoms with E-state index in [1.807, 2.05) is 6.08 Å². The average Bonchev–Trinajstić information content (AvgIpc) is 2.29. The average molecular weight is 165 g/mol. The number of hydrogen-bond donors (Lipinski definition) is 1. The van der Waals surface area contributed by atoms with Gasteiger partial charge in [0.05, 0.1) is 0 Å². The van der Waals surface area contributed by atoms with Gasteiger partial charge in [0.25, 0.3) is 5.91 Å². The van der Waals surface area contributed by atoms with Crippen LogP contribution in [0.15, 0.2) is 23.5 Å². The Balaban J connectivity index is 2.18. The highest BCUT2D eigenvalue weighted by Gasteiger charge is 2.16. The SMILES string of the molecule is O=C1CCC2=C(C=CCC2)ON1. The molecule has 0 aromatic rings. The van der Waals surface area contributed by atoms with Gasteiger partial charge in [-0.15, -0.1) is 0 Å². The molecule has 64 valence electrons. The first-order valence-electron chi connectivity index (χ1n) is 4.20. The topological polar surface area (TPSA) is 38.3 Å². The normalized spacial score (nSPS) is 22.5. The van der Waals surface area contributed by atoms with Crippen molar-refractivity contribution < 1.29 is 9.63 Å². The molecule has 1 heterocycles. The Morgan fingerprint density at radius 2 is 2.25 bits per heavy atom. The van der Waals surface area contributed by atoms with E-state index in [2.05, 4.69) is 11.6 Å². The molecule has 0 atom stereocenters. The molecule has 0 saturated heterocycles. The van der Waals surface area contributed by atoms with E-state index in [0.717, 1.165) is 25.0 Å². The Morgan fingerprint density at radius 1 is 1.33 bits per heavy atom. The van der Waals surface area contributed by atoms with E-state index in [-0.39, 0.29) is 5.91 Å². The molecule has 1 aliphatic carbocycles. The van der Waals surface area contributed by atoms with E-state index in [4.69, 9.17) is 4.84 Å². The molecule has 3 nitrogen and oxygen atoms in total. The van der Waals surface area contributed by atoms with Crippen molar-refractivity contribution in [3.8, 4) is 0 Å². The van der Waals surface area contributed by atoms with Crippen molar-refractivity contribution in [1.82, 2.24) is 5.48 Å². The predicted octanol–water partition coefficient (Wildman–Crippen LogP) is 1.43. The van der Waals surface area contributed by atoms with Crippen LogP contribution in [-0.2, 0) is 9.63 Å². The molecular weight excluding hydrogens is 154 g/mol. The van der Waals surface area contributed by atoms with Crippen LogP contribution in [0.5, 0.6) is 0 Å². The summed E-state index contributed by atoms with van der Waals surface area (Å²) in [6, 6.07) is 0. The van der Waals surface area contributed by atoms with Gasteiger partial charge in [-0.3, -0.25) is 4.79 Å². The van der Waals surface area contributed by atoms with Crippen LogP contribution in [0.4, 0.5) is 0 Å². The zero-order valence-electron chi connectivity index (χ0n) is 6.80. The Hall–Kier alpha value is -1.25. The summed E-state index contributed by atoms with van der Waals surface area (Å²) < 4.78 is 0. The van der Waals surface area contributed by atoms with Gasteiger partial charge in [-0.05, 0) is 30.9 Å². The Bertz CT molecular complexity index is 266. The van der Waals surface area contributed by atoms with Crippen LogP contribution < -0.4 is 5.48 Å². The molecule has 1 amide bonds. The van der Waals surface area contributed by atoms with Gasteiger partial charge in [-0.1, -0.05) is 6.08 Å². The molecule has 0 fully saturated rings. The summed E-state index contributed by atoms with van der Waals surface area (Å²) in [5, 5.41) is 0. The van der Waals surface area contributed by atoms with Crippen molar-refractivity contribution in [2.24, 2.45) is 0 Å². The van der Waals surface area contributed by atoms with Gasteiger partial charge in [0.1, 0.15) is 0 Å². The molecule has 3 heteroatoms. The monoisotopic (exact) mass is 165 g/mol. The van der Waals surface area contributed by atoms with Gasteiger partial charge in [0, 0.05) is 6.42 Å². The molecule has 2 rings (SSSR count). The largest absolute Gasteiger partial charge is 0.380 e. The molecule has 0 unspecified atom stereocenters. The second-order valence-corrected chi connectivity index (χ2v) is 3.04. The zero-order valence-corrected chi connectivity index (χ0v) is 6.80. The zero-order chi connectivity index (χ0) is 8.39. The molecule has 0 radical (unpaired) electrons. The minimum absolute atomic E-state index is 0.0298. The van der Waals surface area contributed by atoms with Crippen LogP contribution in [0, 0.1) is 0 Å². The second-order valence-electron chi connectivity index (χ2n) is 3.04. The van der Waals surface area contributed by atoms with E-state index in [0.29, 0.717) is 6.42 Å². The first-order chi connectivity index (χ1) is 5.86. The van der Waals surface area contributed by atoms with Gasteiger partial charge in [-0.25, -0.2) is 0 Å². The van der Waals surface area contributed by atoms with Crippen LogP contribution in [0.1, 0.15) is 25.7 Å². The van der Waals surface area contributed by atoms with E-state index < -0.39 is 0 Å². The fourth-order valence-corrected chi connectivity index (χ4v) is 1.47. The van der Waals surface area contributed by atoms with Crippen molar-refractivity contribution in [3.63, 3.8) is 0 Å². The summed E-state index contributed by atoms with van der Waals surface area (Å²) in [5.41, 5.74) is 3.66. The lowest BCUT2D eigenvalue weighted by atomic mass is 9.99. The summed E-state index contributed by atoms with van der Waals surface area (Å²) in [6.45, 7) is 0. The highest BCUT2D eigenvalue weighted by Crippen LogP contribution is 2.24. The minimum atomic E-state index is -0.0298. The van der Waals surface area contributed by atoms with Crippen molar-refractivity contribution in [2.75, 3.05) is 0 Å². The van der Waals surface area contributed by atoms with Crippen LogP contribution in [-0.4, -0.2) is 5.91 Å². The number of rotatable bonds is 0. The summed E-state index contributed by atoms with van der Waals surface area (Å²) >= 11 is 0. The molecule has 12 heavy (non-hydrogen) atoms. The van der Waals surface area contributed by atoms with Crippen molar-refractivity contribution >= 4 is 5.91 Å². The van der Waals surface area contributed by atoms with Gasteiger partial charge in [0.2, 0.25) is 0 Å². The predicted molar refractivity (Wildman–Crippen MR) is 43.9 cm³/mol. The highest BCUT2D eigenvalue weighted by molar-refractivity contribution is 5.75. The lowest BCUT2D eigenvalue weighted by molar-refractivity contribution is -0.129. The quantitative estimate of drug-likeness (QED) is 0.589. The first-order valence-corrected chi connectivity index (χ1v) is 4.20. The Morgan fingerprint density at radius 3 is 3.17 bits per heavy atom. The van der Waals surface area contributed by atoms with Crippen molar-refractivity contribution in [2.45, 2.75) is 25.7 Å². The Labute approximate surface area is 71.0 Å². The van der Waals surface area contributed by atoms with Gasteiger partial charge < -0.3 is 4.84 Å². The highest BCUT2D eigenvalue weighted by atomic mass is 16.7. The fraction of sp³-hybridized carbons (Fsp3) is 0.444. The molecule has 0 saturated carbocycles. The van der Waals surface area contributed by atoms with E-state index in [9.17, 15) is 4.79 Å². The molecule has 0 bridgehead atoms. The fourth-order valence-electron chi connectivity index (χ4n) is 1.47. The van der Waals surface area contributed by atoms with Crippen LogP contribution in [0.2, 0.25) is 0 Å². The van der Waals surface area contributed by atoms with Crippen molar-refractivity contribution in [1.29, 1.82) is 0 Å². The third kappa shape index (κ3) is 1.35. The lowest BCUT2D eigenvalue weighted by Gasteiger charge is -2.11.